The molecule has 8 nitrogen and oxygen atoms in total. The third kappa shape index (κ3) is 8.40. The molecule has 1 aliphatic carbocycles. The van der Waals surface area contributed by atoms with Gasteiger partial charge in [-0.05, 0) is 93.0 Å². The molecule has 0 aromatic heterocycles. The summed E-state index contributed by atoms with van der Waals surface area (Å²) in [7, 11) is 0. The van der Waals surface area contributed by atoms with E-state index < -0.39 is 0 Å². The van der Waals surface area contributed by atoms with E-state index in [1.165, 1.54) is 0 Å². The average molecular weight is 721 g/mol. The van der Waals surface area contributed by atoms with E-state index in [0.29, 0.717) is 59.8 Å². The van der Waals surface area contributed by atoms with Crippen LogP contribution < -0.4 is 18.9 Å². The van der Waals surface area contributed by atoms with E-state index in [4.69, 9.17) is 18.9 Å². The number of para-hydroxylation sites is 4. The Morgan fingerprint density at radius 1 is 0.389 bits per heavy atom. The number of aldehydes is 2. The highest BCUT2D eigenvalue weighted by atomic mass is 16.5. The molecule has 0 saturated heterocycles. The standard InChI is InChI=1S/C46H40O8/c47-29-31-13-17-41(18-14-31)51-21-23-53-45-37-9-3-11-39(45)27-35-7-2-8-36(44(35)50)28-40-12-4-10-38(26-34-6-1-5-33(25-37)43(34)49)46(40)54-24-22-52-42-19-15-32(30-48)16-20-42/h1-20,29-30,49-50H,21-28H2. The smallest absolute Gasteiger partial charge is 0.150 e. The van der Waals surface area contributed by atoms with Crippen LogP contribution in [-0.4, -0.2) is 49.2 Å². The number of aromatic hydroxyl groups is 2. The quantitative estimate of drug-likeness (QED) is 0.0958. The average Bonchev–Trinajstić information content (AvgIpc) is 3.19. The van der Waals surface area contributed by atoms with Crippen LogP contribution in [-0.2, 0) is 25.7 Å². The highest BCUT2D eigenvalue weighted by Gasteiger charge is 2.20. The molecule has 1 aliphatic rings. The largest absolute Gasteiger partial charge is 0.507 e. The van der Waals surface area contributed by atoms with Gasteiger partial charge >= 0.3 is 0 Å². The summed E-state index contributed by atoms with van der Waals surface area (Å²) in [4.78, 5) is 22.1. The fourth-order valence-corrected chi connectivity index (χ4v) is 6.78. The van der Waals surface area contributed by atoms with Crippen LogP contribution in [0.1, 0.15) is 65.2 Å². The van der Waals surface area contributed by atoms with Crippen LogP contribution in [0, 0.1) is 0 Å². The van der Waals surface area contributed by atoms with Crippen LogP contribution in [0.5, 0.6) is 34.5 Å². The monoisotopic (exact) mass is 720 g/mol. The Kier molecular flexibility index (Phi) is 11.2. The molecule has 272 valence electrons. The van der Waals surface area contributed by atoms with Gasteiger partial charge in [-0.1, -0.05) is 72.8 Å². The molecule has 0 heterocycles. The molecule has 6 aromatic rings. The fraction of sp³-hybridized carbons (Fsp3) is 0.174. The van der Waals surface area contributed by atoms with Crippen molar-refractivity contribution in [3.63, 3.8) is 0 Å². The predicted molar refractivity (Wildman–Crippen MR) is 206 cm³/mol. The molecule has 0 atom stereocenters. The van der Waals surface area contributed by atoms with Gasteiger partial charge in [0.1, 0.15) is 73.5 Å². The lowest BCUT2D eigenvalue weighted by atomic mass is 9.91. The van der Waals surface area contributed by atoms with Gasteiger partial charge in [0.25, 0.3) is 0 Å². The van der Waals surface area contributed by atoms with E-state index in [2.05, 4.69) is 0 Å². The number of carbonyl (C=O) groups excluding carboxylic acids is 2. The number of hydrogen-bond donors (Lipinski definition) is 2. The zero-order valence-corrected chi connectivity index (χ0v) is 29.7. The minimum absolute atomic E-state index is 0.212. The van der Waals surface area contributed by atoms with Crippen molar-refractivity contribution < 1.29 is 38.7 Å². The Labute approximate surface area is 314 Å². The van der Waals surface area contributed by atoms with Crippen LogP contribution in [0.4, 0.5) is 0 Å². The van der Waals surface area contributed by atoms with Crippen molar-refractivity contribution >= 4 is 12.6 Å². The number of phenolic OH excluding ortho intramolecular Hbond substituents is 2. The number of phenols is 2. The zero-order chi connectivity index (χ0) is 37.3. The van der Waals surface area contributed by atoms with Crippen molar-refractivity contribution in [2.45, 2.75) is 25.7 Å². The summed E-state index contributed by atoms with van der Waals surface area (Å²) in [6, 6.07) is 37.4. The Balaban J connectivity index is 1.19. The molecule has 8 bridgehead atoms. The van der Waals surface area contributed by atoms with E-state index in [1.807, 2.05) is 72.8 Å². The molecule has 0 saturated carbocycles. The number of fused-ring (bicyclic) bond motifs is 8. The van der Waals surface area contributed by atoms with Crippen LogP contribution in [0.15, 0.2) is 121 Å². The third-order valence-corrected chi connectivity index (χ3v) is 9.52. The number of ether oxygens (including phenoxy) is 4. The van der Waals surface area contributed by atoms with Crippen LogP contribution in [0.3, 0.4) is 0 Å². The first-order valence-electron chi connectivity index (χ1n) is 17.9. The SMILES string of the molecule is O=Cc1ccc(OCCOc2c3cccc2Cc2cccc(c2O)Cc2cccc(c2OCCOc2ccc(C=O)cc2)Cc2cccc(c2O)C3)cc1. The maximum absolute atomic E-state index is 11.7. The van der Waals surface area contributed by atoms with Gasteiger partial charge in [-0.15, -0.1) is 0 Å². The highest BCUT2D eigenvalue weighted by molar-refractivity contribution is 5.75. The lowest BCUT2D eigenvalue weighted by Gasteiger charge is -2.20. The van der Waals surface area contributed by atoms with Crippen LogP contribution in [0.2, 0.25) is 0 Å². The van der Waals surface area contributed by atoms with Crippen molar-refractivity contribution in [3.8, 4) is 34.5 Å². The van der Waals surface area contributed by atoms with Gasteiger partial charge in [-0.3, -0.25) is 9.59 Å². The highest BCUT2D eigenvalue weighted by Crippen LogP contribution is 2.38. The van der Waals surface area contributed by atoms with E-state index >= 15 is 0 Å². The van der Waals surface area contributed by atoms with E-state index in [1.54, 1.807) is 48.5 Å². The minimum atomic E-state index is 0.212. The first-order valence-corrected chi connectivity index (χ1v) is 17.9. The Hall–Kier alpha value is -6.54. The molecule has 2 N–H and O–H groups in total. The van der Waals surface area contributed by atoms with Gasteiger partial charge in [-0.25, -0.2) is 0 Å². The molecule has 54 heavy (non-hydrogen) atoms. The summed E-state index contributed by atoms with van der Waals surface area (Å²) in [5.74, 6) is 3.06. The van der Waals surface area contributed by atoms with Crippen LogP contribution in [0.25, 0.3) is 0 Å². The minimum Gasteiger partial charge on any atom is -0.507 e. The third-order valence-electron chi connectivity index (χ3n) is 9.52. The van der Waals surface area contributed by atoms with Gasteiger partial charge in [-0.2, -0.15) is 0 Å². The van der Waals surface area contributed by atoms with Gasteiger partial charge in [0.2, 0.25) is 0 Å². The van der Waals surface area contributed by atoms with E-state index in [9.17, 15) is 19.8 Å². The lowest BCUT2D eigenvalue weighted by molar-refractivity contribution is 0.111. The second-order valence-corrected chi connectivity index (χ2v) is 13.1. The summed E-state index contributed by atoms with van der Waals surface area (Å²) in [5, 5.41) is 23.4. The van der Waals surface area contributed by atoms with Crippen molar-refractivity contribution in [3.05, 3.63) is 177 Å². The molecule has 8 heteroatoms. The van der Waals surface area contributed by atoms with Crippen molar-refractivity contribution in [1.29, 1.82) is 0 Å². The summed E-state index contributed by atoms with van der Waals surface area (Å²) in [5.41, 5.74) is 7.75. The van der Waals surface area contributed by atoms with E-state index in [-0.39, 0.29) is 37.9 Å². The lowest BCUT2D eigenvalue weighted by Crippen LogP contribution is -2.12. The van der Waals surface area contributed by atoms with E-state index in [0.717, 1.165) is 57.1 Å². The van der Waals surface area contributed by atoms with Gasteiger partial charge in [0.05, 0.1) is 0 Å². The number of benzene rings is 6. The molecule has 6 aromatic carbocycles. The maximum atomic E-state index is 11.7. The number of carbonyl (C=O) groups is 2. The van der Waals surface area contributed by atoms with Gasteiger partial charge in [0.15, 0.2) is 0 Å². The molecule has 0 aliphatic heterocycles. The first-order chi connectivity index (χ1) is 26.5. The molecular weight excluding hydrogens is 680 g/mol. The fourth-order valence-electron chi connectivity index (χ4n) is 6.78. The molecule has 0 unspecified atom stereocenters. The molecule has 0 amide bonds. The molecule has 7 rings (SSSR count). The molecule has 0 fully saturated rings. The number of rotatable bonds is 12. The number of hydrogen-bond acceptors (Lipinski definition) is 8. The maximum Gasteiger partial charge on any atom is 0.150 e. The topological polar surface area (TPSA) is 112 Å². The summed E-state index contributed by atoms with van der Waals surface area (Å²) >= 11 is 0. The Morgan fingerprint density at radius 2 is 0.667 bits per heavy atom. The zero-order valence-electron chi connectivity index (χ0n) is 29.7. The second kappa shape index (κ2) is 16.9. The summed E-state index contributed by atoms with van der Waals surface area (Å²) in [6.45, 7) is 1.07. The van der Waals surface area contributed by atoms with Crippen LogP contribution >= 0.6 is 0 Å². The summed E-state index contributed by atoms with van der Waals surface area (Å²) in [6.07, 6.45) is 3.24. The van der Waals surface area contributed by atoms with Crippen molar-refractivity contribution in [1.82, 2.24) is 0 Å². The van der Waals surface area contributed by atoms with Crippen molar-refractivity contribution in [2.75, 3.05) is 26.4 Å². The molecule has 0 spiro atoms. The first kappa shape index (κ1) is 35.8. The van der Waals surface area contributed by atoms with Gasteiger partial charge in [0, 0.05) is 36.8 Å². The molecule has 0 radical (unpaired) electrons. The molecular formula is C46H40O8. The second-order valence-electron chi connectivity index (χ2n) is 13.1. The summed E-state index contributed by atoms with van der Waals surface area (Å²) < 4.78 is 24.7. The Bertz CT molecular complexity index is 2000. The normalized spacial score (nSPS) is 12.0. The van der Waals surface area contributed by atoms with Crippen molar-refractivity contribution in [2.24, 2.45) is 0 Å². The Morgan fingerprint density at radius 3 is 0.963 bits per heavy atom. The predicted octanol–water partition coefficient (Wildman–Crippen LogP) is 8.32. The van der Waals surface area contributed by atoms with Gasteiger partial charge < -0.3 is 29.2 Å².